The van der Waals surface area contributed by atoms with E-state index >= 15 is 0 Å². The molecule has 0 saturated heterocycles. The van der Waals surface area contributed by atoms with Crippen LogP contribution in [-0.4, -0.2) is 49.5 Å². The molecule has 0 fully saturated rings. The van der Waals surface area contributed by atoms with Gasteiger partial charge in [0.15, 0.2) is 5.82 Å². The number of nitrogens with zero attached hydrogens (tertiary/aromatic N) is 5. The molecule has 0 atom stereocenters. The molecule has 0 bridgehead atoms. The Kier molecular flexibility index (Phi) is 6.17. The quantitative estimate of drug-likeness (QED) is 0.349. The third-order valence-corrected chi connectivity index (χ3v) is 8.84. The zero-order chi connectivity index (χ0) is 27.5. The van der Waals surface area contributed by atoms with Crippen molar-refractivity contribution in [2.24, 2.45) is 0 Å². The molecule has 10 nitrogen and oxygen atoms in total. The zero-order valence-electron chi connectivity index (χ0n) is 22.4. The van der Waals surface area contributed by atoms with Crippen LogP contribution in [-0.2, 0) is 31.7 Å². The Balaban J connectivity index is 1.32. The second-order valence-corrected chi connectivity index (χ2v) is 12.2. The van der Waals surface area contributed by atoms with Gasteiger partial charge in [0.25, 0.3) is 11.5 Å². The number of rotatable bonds is 5. The molecule has 3 N–H and O–H groups in total. The number of benzene rings is 1. The van der Waals surface area contributed by atoms with Gasteiger partial charge in [-0.1, -0.05) is 32.9 Å². The standard InChI is InChI=1S/C28H31N7O3S/c1-28(2,3)23-10-16-13-34(27(38)25(16)39-23)22-7-5-6-18(19(22)15-36)20-12-21(26(37)31-30-20)29-24-11-17-14-33(4)8-9-35(17)32-24/h5-7,10-12,36H,8-9,13-15H2,1-4H3,(H,31,37)(H,29,30,32). The summed E-state index contributed by atoms with van der Waals surface area (Å²) in [5, 5.41) is 25.0. The van der Waals surface area contributed by atoms with Gasteiger partial charge in [-0.2, -0.15) is 10.2 Å². The summed E-state index contributed by atoms with van der Waals surface area (Å²) in [6, 6.07) is 11.2. The SMILES string of the molecule is CN1CCn2nc(Nc3cc(-c4cccc(N5Cc6cc(C(C)(C)C)sc6C5=O)c4CO)n[nH]c3=O)cc2C1. The number of carbonyl (C=O) groups excluding carboxylic acids is 1. The largest absolute Gasteiger partial charge is 0.392 e. The molecule has 0 radical (unpaired) electrons. The van der Waals surface area contributed by atoms with Gasteiger partial charge in [0.1, 0.15) is 5.69 Å². The summed E-state index contributed by atoms with van der Waals surface area (Å²) in [6.07, 6.45) is 0. The molecular formula is C28H31N7O3S. The first-order valence-electron chi connectivity index (χ1n) is 12.9. The summed E-state index contributed by atoms with van der Waals surface area (Å²) in [5.74, 6) is 0.519. The molecule has 0 unspecified atom stereocenters. The summed E-state index contributed by atoms with van der Waals surface area (Å²) in [5.41, 5.74) is 4.30. The van der Waals surface area contributed by atoms with E-state index in [1.54, 1.807) is 11.0 Å². The highest BCUT2D eigenvalue weighted by molar-refractivity contribution is 7.14. The van der Waals surface area contributed by atoms with Crippen LogP contribution in [0, 0.1) is 0 Å². The van der Waals surface area contributed by atoms with E-state index in [0.717, 1.165) is 35.8 Å². The summed E-state index contributed by atoms with van der Waals surface area (Å²) in [4.78, 5) is 31.9. The number of aliphatic hydroxyl groups is 1. The molecule has 0 spiro atoms. The normalized spacial score (nSPS) is 15.5. The van der Waals surface area contributed by atoms with Gasteiger partial charge >= 0.3 is 0 Å². The molecule has 4 aromatic rings. The molecule has 0 saturated carbocycles. The first kappa shape index (κ1) is 25.5. The molecule has 0 aliphatic carbocycles. The predicted octanol–water partition coefficient (Wildman–Crippen LogP) is 3.83. The van der Waals surface area contributed by atoms with Crippen LogP contribution in [0.4, 0.5) is 17.2 Å². The molecule has 39 heavy (non-hydrogen) atoms. The molecule has 5 heterocycles. The third kappa shape index (κ3) is 4.56. The molecule has 1 amide bonds. The van der Waals surface area contributed by atoms with Crippen molar-refractivity contribution >= 4 is 34.4 Å². The second kappa shape index (κ2) is 9.44. The van der Waals surface area contributed by atoms with Crippen molar-refractivity contribution in [1.29, 1.82) is 0 Å². The monoisotopic (exact) mass is 545 g/mol. The summed E-state index contributed by atoms with van der Waals surface area (Å²) >= 11 is 1.54. The van der Waals surface area contributed by atoms with Crippen LogP contribution in [0.1, 0.15) is 52.1 Å². The number of aromatic amines is 1. The van der Waals surface area contributed by atoms with E-state index < -0.39 is 0 Å². The van der Waals surface area contributed by atoms with Gasteiger partial charge in [-0.3, -0.25) is 19.2 Å². The minimum absolute atomic E-state index is 0.0236. The first-order chi connectivity index (χ1) is 18.6. The minimum Gasteiger partial charge on any atom is -0.392 e. The van der Waals surface area contributed by atoms with Gasteiger partial charge < -0.3 is 15.3 Å². The Labute approximate surface area is 229 Å². The number of likely N-dealkylation sites (N-methyl/N-ethyl adjacent to an activating group) is 1. The van der Waals surface area contributed by atoms with Crippen molar-refractivity contribution < 1.29 is 9.90 Å². The van der Waals surface area contributed by atoms with E-state index in [9.17, 15) is 14.7 Å². The number of amides is 1. The fourth-order valence-corrected chi connectivity index (χ4v) is 6.30. The number of fused-ring (bicyclic) bond motifs is 2. The molecule has 6 rings (SSSR count). The van der Waals surface area contributed by atoms with E-state index in [2.05, 4.69) is 59.4 Å². The van der Waals surface area contributed by atoms with Crippen molar-refractivity contribution in [3.05, 3.63) is 73.3 Å². The number of thiophene rings is 1. The molecular weight excluding hydrogens is 514 g/mol. The Bertz CT molecular complexity index is 1650. The lowest BCUT2D eigenvalue weighted by molar-refractivity contribution is 0.0999. The Hall–Kier alpha value is -3.80. The van der Waals surface area contributed by atoms with E-state index in [0.29, 0.717) is 40.6 Å². The van der Waals surface area contributed by atoms with Crippen LogP contribution < -0.4 is 15.8 Å². The maximum absolute atomic E-state index is 13.4. The van der Waals surface area contributed by atoms with Crippen molar-refractivity contribution in [2.45, 2.75) is 52.4 Å². The predicted molar refractivity (Wildman–Crippen MR) is 152 cm³/mol. The van der Waals surface area contributed by atoms with Crippen LogP contribution >= 0.6 is 11.3 Å². The van der Waals surface area contributed by atoms with Gasteiger partial charge in [0, 0.05) is 35.2 Å². The van der Waals surface area contributed by atoms with Crippen LogP contribution in [0.3, 0.4) is 0 Å². The number of hydrogen-bond donors (Lipinski definition) is 3. The van der Waals surface area contributed by atoms with E-state index in [1.165, 1.54) is 16.2 Å². The second-order valence-electron chi connectivity index (χ2n) is 11.2. The highest BCUT2D eigenvalue weighted by Gasteiger charge is 2.34. The van der Waals surface area contributed by atoms with Crippen LogP contribution in [0.5, 0.6) is 0 Å². The maximum atomic E-state index is 13.4. The first-order valence-corrected chi connectivity index (χ1v) is 13.7. The number of aliphatic hydroxyl groups excluding tert-OH is 1. The summed E-state index contributed by atoms with van der Waals surface area (Å²) in [7, 11) is 2.06. The van der Waals surface area contributed by atoms with Crippen LogP contribution in [0.2, 0.25) is 0 Å². The topological polar surface area (TPSA) is 119 Å². The minimum atomic E-state index is -0.377. The number of carbonyl (C=O) groups is 1. The van der Waals surface area contributed by atoms with Crippen molar-refractivity contribution in [2.75, 3.05) is 23.8 Å². The molecule has 11 heteroatoms. The Morgan fingerprint density at radius 1 is 1.13 bits per heavy atom. The summed E-state index contributed by atoms with van der Waals surface area (Å²) in [6.45, 7) is 9.08. The molecule has 2 aliphatic rings. The number of hydrogen-bond acceptors (Lipinski definition) is 8. The zero-order valence-corrected chi connectivity index (χ0v) is 23.2. The average Bonchev–Trinajstić information content (AvgIpc) is 3.58. The molecule has 2 aliphatic heterocycles. The average molecular weight is 546 g/mol. The van der Waals surface area contributed by atoms with Crippen molar-refractivity contribution in [3.8, 4) is 11.3 Å². The highest BCUT2D eigenvalue weighted by Crippen LogP contribution is 2.41. The smallest absolute Gasteiger partial charge is 0.287 e. The fraction of sp³-hybridized carbons (Fsp3) is 0.357. The lowest BCUT2D eigenvalue weighted by Crippen LogP contribution is -2.30. The van der Waals surface area contributed by atoms with Gasteiger partial charge in [0.05, 0.1) is 41.6 Å². The Morgan fingerprint density at radius 2 is 1.95 bits per heavy atom. The van der Waals surface area contributed by atoms with Crippen LogP contribution in [0.25, 0.3) is 11.3 Å². The van der Waals surface area contributed by atoms with E-state index in [1.807, 2.05) is 28.9 Å². The fourth-order valence-electron chi connectivity index (χ4n) is 5.12. The van der Waals surface area contributed by atoms with E-state index in [4.69, 9.17) is 0 Å². The maximum Gasteiger partial charge on any atom is 0.287 e. The van der Waals surface area contributed by atoms with Crippen molar-refractivity contribution in [1.82, 2.24) is 24.9 Å². The van der Waals surface area contributed by atoms with Gasteiger partial charge in [-0.25, -0.2) is 5.10 Å². The molecule has 202 valence electrons. The van der Waals surface area contributed by atoms with Crippen LogP contribution in [0.15, 0.2) is 41.2 Å². The number of H-pyrrole nitrogens is 1. The van der Waals surface area contributed by atoms with E-state index in [-0.39, 0.29) is 23.5 Å². The van der Waals surface area contributed by atoms with Gasteiger partial charge in [-0.15, -0.1) is 11.3 Å². The Morgan fingerprint density at radius 3 is 2.69 bits per heavy atom. The third-order valence-electron chi connectivity index (χ3n) is 7.25. The van der Waals surface area contributed by atoms with Gasteiger partial charge in [-0.05, 0) is 36.2 Å². The van der Waals surface area contributed by atoms with Gasteiger partial charge in [0.2, 0.25) is 0 Å². The molecule has 3 aromatic heterocycles. The highest BCUT2D eigenvalue weighted by atomic mass is 32.1. The number of aromatic nitrogens is 4. The molecule has 1 aromatic carbocycles. The van der Waals surface area contributed by atoms with Crippen molar-refractivity contribution in [3.63, 3.8) is 0 Å². The summed E-state index contributed by atoms with van der Waals surface area (Å²) < 4.78 is 1.95. The lowest BCUT2D eigenvalue weighted by atomic mass is 9.94. The number of anilines is 3. The number of nitrogens with one attached hydrogen (secondary N) is 2. The lowest BCUT2D eigenvalue weighted by Gasteiger charge is -2.22.